The summed E-state index contributed by atoms with van der Waals surface area (Å²) in [6.07, 6.45) is 2.73. The number of thiophene rings is 1. The van der Waals surface area contributed by atoms with Gasteiger partial charge in [0.2, 0.25) is 0 Å². The van der Waals surface area contributed by atoms with Crippen LogP contribution in [0.2, 0.25) is 0 Å². The monoisotopic (exact) mass is 350 g/mol. The zero-order chi connectivity index (χ0) is 16.2. The SMILES string of the molecule is O=C(O)CCC1CCCN(C(=O)c2csc(-c3ccsc3)n2)C1. The van der Waals surface area contributed by atoms with Crippen LogP contribution in [0.3, 0.4) is 0 Å². The fraction of sp³-hybridized carbons (Fsp3) is 0.438. The number of aromatic nitrogens is 1. The summed E-state index contributed by atoms with van der Waals surface area (Å²) in [7, 11) is 0. The lowest BCUT2D eigenvalue weighted by molar-refractivity contribution is -0.137. The van der Waals surface area contributed by atoms with Crippen LogP contribution in [-0.4, -0.2) is 40.0 Å². The summed E-state index contributed by atoms with van der Waals surface area (Å²) in [5.41, 5.74) is 1.55. The van der Waals surface area contributed by atoms with E-state index in [-0.39, 0.29) is 18.2 Å². The molecule has 5 nitrogen and oxygen atoms in total. The largest absolute Gasteiger partial charge is 0.481 e. The van der Waals surface area contributed by atoms with Crippen LogP contribution in [0.25, 0.3) is 10.6 Å². The van der Waals surface area contributed by atoms with E-state index < -0.39 is 5.97 Å². The molecule has 0 aliphatic carbocycles. The second-order valence-corrected chi connectivity index (χ2v) is 7.38. The van der Waals surface area contributed by atoms with E-state index in [1.54, 1.807) is 11.3 Å². The van der Waals surface area contributed by atoms with Gasteiger partial charge in [0.15, 0.2) is 0 Å². The van der Waals surface area contributed by atoms with Crippen LogP contribution < -0.4 is 0 Å². The van der Waals surface area contributed by atoms with Gasteiger partial charge in [0.25, 0.3) is 5.91 Å². The number of rotatable bonds is 5. The van der Waals surface area contributed by atoms with Crippen molar-refractivity contribution in [2.24, 2.45) is 5.92 Å². The molecule has 1 unspecified atom stereocenters. The summed E-state index contributed by atoms with van der Waals surface area (Å²) in [5, 5.41) is 15.5. The van der Waals surface area contributed by atoms with Gasteiger partial charge in [-0.15, -0.1) is 11.3 Å². The van der Waals surface area contributed by atoms with Crippen molar-refractivity contribution in [3.8, 4) is 10.6 Å². The van der Waals surface area contributed by atoms with Crippen molar-refractivity contribution in [1.82, 2.24) is 9.88 Å². The number of carboxylic acids is 1. The minimum atomic E-state index is -0.770. The highest BCUT2D eigenvalue weighted by Crippen LogP contribution is 2.27. The van der Waals surface area contributed by atoms with Gasteiger partial charge in [-0.1, -0.05) is 0 Å². The van der Waals surface area contributed by atoms with Gasteiger partial charge in [0.1, 0.15) is 10.7 Å². The molecule has 7 heteroatoms. The third-order valence-electron chi connectivity index (χ3n) is 4.06. The first-order chi connectivity index (χ1) is 11.1. The van der Waals surface area contributed by atoms with Crippen molar-refractivity contribution in [2.75, 3.05) is 13.1 Å². The molecule has 3 rings (SSSR count). The molecule has 1 fully saturated rings. The number of hydrogen-bond acceptors (Lipinski definition) is 5. The van der Waals surface area contributed by atoms with Crippen molar-refractivity contribution < 1.29 is 14.7 Å². The lowest BCUT2D eigenvalue weighted by Gasteiger charge is -2.32. The molecule has 0 saturated carbocycles. The van der Waals surface area contributed by atoms with Crippen LogP contribution in [0.1, 0.15) is 36.2 Å². The second-order valence-electron chi connectivity index (χ2n) is 5.74. The molecule has 1 aliphatic heterocycles. The number of thiazole rings is 1. The number of carboxylic acid groups (broad SMARTS) is 1. The molecule has 1 N–H and O–H groups in total. The number of nitrogens with zero attached hydrogens (tertiary/aromatic N) is 2. The number of piperidine rings is 1. The Morgan fingerprint density at radius 2 is 2.26 bits per heavy atom. The molecule has 1 amide bonds. The van der Waals surface area contributed by atoms with Crippen molar-refractivity contribution in [3.05, 3.63) is 27.9 Å². The number of amides is 1. The predicted molar refractivity (Wildman–Crippen MR) is 90.9 cm³/mol. The molecule has 0 spiro atoms. The van der Waals surface area contributed by atoms with Gasteiger partial charge in [-0.3, -0.25) is 9.59 Å². The van der Waals surface area contributed by atoms with Gasteiger partial charge < -0.3 is 10.0 Å². The minimum absolute atomic E-state index is 0.0391. The zero-order valence-electron chi connectivity index (χ0n) is 12.6. The molecule has 1 atom stereocenters. The number of aliphatic carboxylic acids is 1. The number of carbonyl (C=O) groups is 2. The van der Waals surface area contributed by atoms with Crippen LogP contribution in [0, 0.1) is 5.92 Å². The molecule has 122 valence electrons. The molecule has 1 aliphatic rings. The fourth-order valence-electron chi connectivity index (χ4n) is 2.87. The highest BCUT2D eigenvalue weighted by Gasteiger charge is 2.26. The van der Waals surface area contributed by atoms with Crippen LogP contribution in [0.5, 0.6) is 0 Å². The third kappa shape index (κ3) is 3.97. The Balaban J connectivity index is 1.64. The summed E-state index contributed by atoms with van der Waals surface area (Å²) >= 11 is 3.10. The summed E-state index contributed by atoms with van der Waals surface area (Å²) in [4.78, 5) is 29.6. The first kappa shape index (κ1) is 16.1. The highest BCUT2D eigenvalue weighted by atomic mass is 32.1. The smallest absolute Gasteiger partial charge is 0.303 e. The molecule has 23 heavy (non-hydrogen) atoms. The standard InChI is InChI=1S/C16H18N2O3S2/c19-14(20)4-3-11-2-1-6-18(8-11)16(21)13-10-23-15(17-13)12-5-7-22-9-12/h5,7,9-11H,1-4,6,8H2,(H,19,20). The van der Waals surface area contributed by atoms with Gasteiger partial charge >= 0.3 is 5.97 Å². The van der Waals surface area contributed by atoms with E-state index in [1.807, 2.05) is 27.1 Å². The Morgan fingerprint density at radius 1 is 1.39 bits per heavy atom. The maximum absolute atomic E-state index is 12.6. The molecular weight excluding hydrogens is 332 g/mol. The zero-order valence-corrected chi connectivity index (χ0v) is 14.2. The van der Waals surface area contributed by atoms with Crippen LogP contribution >= 0.6 is 22.7 Å². The first-order valence-corrected chi connectivity index (χ1v) is 9.45. The van der Waals surface area contributed by atoms with E-state index in [9.17, 15) is 9.59 Å². The molecular formula is C16H18N2O3S2. The molecule has 2 aromatic rings. The van der Waals surface area contributed by atoms with Gasteiger partial charge in [-0.05, 0) is 36.6 Å². The highest BCUT2D eigenvalue weighted by molar-refractivity contribution is 7.14. The van der Waals surface area contributed by atoms with E-state index in [0.717, 1.165) is 30.0 Å². The summed E-state index contributed by atoms with van der Waals surface area (Å²) in [6.45, 7) is 1.37. The average Bonchev–Trinajstić information content (AvgIpc) is 3.23. The van der Waals surface area contributed by atoms with Crippen LogP contribution in [-0.2, 0) is 4.79 Å². The predicted octanol–water partition coefficient (Wildman–Crippen LogP) is 3.59. The van der Waals surface area contributed by atoms with E-state index in [2.05, 4.69) is 4.98 Å². The van der Waals surface area contributed by atoms with Gasteiger partial charge in [-0.25, -0.2) is 4.98 Å². The van der Waals surface area contributed by atoms with Crippen LogP contribution in [0.15, 0.2) is 22.2 Å². The molecule has 1 saturated heterocycles. The quantitative estimate of drug-likeness (QED) is 0.894. The lowest BCUT2D eigenvalue weighted by atomic mass is 9.93. The Labute approximate surface area is 142 Å². The minimum Gasteiger partial charge on any atom is -0.481 e. The second kappa shape index (κ2) is 7.23. The number of carbonyl (C=O) groups excluding carboxylic acids is 1. The van der Waals surface area contributed by atoms with E-state index in [0.29, 0.717) is 18.7 Å². The van der Waals surface area contributed by atoms with Gasteiger partial charge in [0, 0.05) is 35.8 Å². The average molecular weight is 350 g/mol. The van der Waals surface area contributed by atoms with Crippen molar-refractivity contribution in [3.63, 3.8) is 0 Å². The normalized spacial score (nSPS) is 18.1. The lowest BCUT2D eigenvalue weighted by Crippen LogP contribution is -2.40. The molecule has 2 aromatic heterocycles. The van der Waals surface area contributed by atoms with Crippen molar-refractivity contribution >= 4 is 34.6 Å². The Hall–Kier alpha value is -1.73. The number of likely N-dealkylation sites (tertiary alicyclic amines) is 1. The number of hydrogen-bond donors (Lipinski definition) is 1. The maximum atomic E-state index is 12.6. The van der Waals surface area contributed by atoms with E-state index in [1.165, 1.54) is 11.3 Å². The Kier molecular flexibility index (Phi) is 5.07. The van der Waals surface area contributed by atoms with E-state index >= 15 is 0 Å². The van der Waals surface area contributed by atoms with Crippen molar-refractivity contribution in [1.29, 1.82) is 0 Å². The van der Waals surface area contributed by atoms with Crippen molar-refractivity contribution in [2.45, 2.75) is 25.7 Å². The van der Waals surface area contributed by atoms with Gasteiger partial charge in [0.05, 0.1) is 0 Å². The fourth-order valence-corrected chi connectivity index (χ4v) is 4.37. The van der Waals surface area contributed by atoms with Gasteiger partial charge in [-0.2, -0.15) is 11.3 Å². The van der Waals surface area contributed by atoms with Crippen LogP contribution in [0.4, 0.5) is 0 Å². The third-order valence-corrected chi connectivity index (χ3v) is 5.64. The summed E-state index contributed by atoms with van der Waals surface area (Å²) in [5.74, 6) is -0.533. The molecule has 0 radical (unpaired) electrons. The topological polar surface area (TPSA) is 70.5 Å². The maximum Gasteiger partial charge on any atom is 0.303 e. The first-order valence-electron chi connectivity index (χ1n) is 7.62. The van der Waals surface area contributed by atoms with E-state index in [4.69, 9.17) is 5.11 Å². The Bertz CT molecular complexity index is 681. The molecule has 3 heterocycles. The summed E-state index contributed by atoms with van der Waals surface area (Å²) in [6, 6.07) is 2.00. The molecule has 0 aromatic carbocycles. The molecule has 0 bridgehead atoms. The Morgan fingerprint density at radius 3 is 3.00 bits per heavy atom. The summed E-state index contributed by atoms with van der Waals surface area (Å²) < 4.78 is 0.